The first-order valence-corrected chi connectivity index (χ1v) is 9.17. The molecule has 0 atom stereocenters. The summed E-state index contributed by atoms with van der Waals surface area (Å²) in [6.45, 7) is 7.18. The van der Waals surface area contributed by atoms with E-state index in [1.54, 1.807) is 0 Å². The monoisotopic (exact) mass is 332 g/mol. The summed E-state index contributed by atoms with van der Waals surface area (Å²) in [6, 6.07) is 14.6. The number of para-hydroxylation sites is 1. The molecule has 0 saturated carbocycles. The Hall–Kier alpha value is -2.55. The number of likely N-dealkylation sites (N-methyl/N-ethyl adjacent to an activating group) is 1. The normalized spacial score (nSPS) is 18.3. The zero-order valence-corrected chi connectivity index (χ0v) is 15.0. The van der Waals surface area contributed by atoms with Gasteiger partial charge < -0.3 is 9.80 Å². The van der Waals surface area contributed by atoms with E-state index in [4.69, 9.17) is 0 Å². The molecule has 0 N–H and O–H groups in total. The zero-order chi connectivity index (χ0) is 17.4. The molecule has 25 heavy (non-hydrogen) atoms. The summed E-state index contributed by atoms with van der Waals surface area (Å²) >= 11 is 0. The van der Waals surface area contributed by atoms with Gasteiger partial charge in [-0.1, -0.05) is 24.3 Å². The first-order valence-electron chi connectivity index (χ1n) is 9.17. The van der Waals surface area contributed by atoms with Crippen molar-refractivity contribution in [3.8, 4) is 0 Å². The molecule has 4 rings (SSSR count). The minimum Gasteiger partial charge on any atom is -0.371 e. The second-order valence-corrected chi connectivity index (χ2v) is 6.86. The van der Waals surface area contributed by atoms with Crippen molar-refractivity contribution in [1.82, 2.24) is 0 Å². The topological polar surface area (TPSA) is 23.6 Å². The van der Waals surface area contributed by atoms with Crippen LogP contribution in [0, 0.1) is 6.92 Å². The fraction of sp³-hybridized carbons (Fsp3) is 0.318. The van der Waals surface area contributed by atoms with Crippen LogP contribution in [0.4, 0.5) is 11.4 Å². The van der Waals surface area contributed by atoms with E-state index in [1.165, 1.54) is 24.1 Å². The number of hydrogen-bond donors (Lipinski definition) is 0. The maximum atomic E-state index is 12.8. The highest BCUT2D eigenvalue weighted by Gasteiger charge is 2.30. The molecule has 1 amide bonds. The summed E-state index contributed by atoms with van der Waals surface area (Å²) < 4.78 is 0. The fourth-order valence-corrected chi connectivity index (χ4v) is 4.01. The van der Waals surface area contributed by atoms with Crippen molar-refractivity contribution in [3.05, 3.63) is 59.2 Å². The quantitative estimate of drug-likeness (QED) is 0.773. The second kappa shape index (κ2) is 6.40. The Labute approximate surface area is 149 Å². The van der Waals surface area contributed by atoms with Gasteiger partial charge in [0, 0.05) is 36.5 Å². The molecular formula is C22H24N2O. The smallest absolute Gasteiger partial charge is 0.258 e. The van der Waals surface area contributed by atoms with E-state index in [0.29, 0.717) is 6.54 Å². The van der Waals surface area contributed by atoms with Crippen LogP contribution in [-0.2, 0) is 4.79 Å². The Morgan fingerprint density at radius 3 is 2.52 bits per heavy atom. The second-order valence-electron chi connectivity index (χ2n) is 6.86. The van der Waals surface area contributed by atoms with E-state index in [-0.39, 0.29) is 5.91 Å². The number of carbonyl (C=O) groups excluding carboxylic acids is 1. The number of aryl methyl sites for hydroxylation is 1. The minimum atomic E-state index is 0.102. The van der Waals surface area contributed by atoms with Gasteiger partial charge in [-0.15, -0.1) is 0 Å². The highest BCUT2D eigenvalue weighted by atomic mass is 16.2. The average Bonchev–Trinajstić information content (AvgIpc) is 3.23. The Kier molecular flexibility index (Phi) is 4.08. The largest absolute Gasteiger partial charge is 0.371 e. The number of amides is 1. The van der Waals surface area contributed by atoms with Gasteiger partial charge in [0.2, 0.25) is 0 Å². The highest BCUT2D eigenvalue weighted by molar-refractivity contribution is 6.35. The molecule has 0 bridgehead atoms. The van der Waals surface area contributed by atoms with Gasteiger partial charge in [0.15, 0.2) is 0 Å². The lowest BCUT2D eigenvalue weighted by atomic mass is 10.0. The summed E-state index contributed by atoms with van der Waals surface area (Å²) in [5.41, 5.74) is 6.56. The maximum Gasteiger partial charge on any atom is 0.258 e. The van der Waals surface area contributed by atoms with E-state index >= 15 is 0 Å². The summed E-state index contributed by atoms with van der Waals surface area (Å²) in [6.07, 6.45) is 4.60. The Morgan fingerprint density at radius 1 is 1.04 bits per heavy atom. The summed E-state index contributed by atoms with van der Waals surface area (Å²) in [4.78, 5) is 17.1. The van der Waals surface area contributed by atoms with Crippen LogP contribution in [0.2, 0.25) is 0 Å². The van der Waals surface area contributed by atoms with E-state index in [0.717, 1.165) is 35.5 Å². The van der Waals surface area contributed by atoms with Gasteiger partial charge in [0.1, 0.15) is 0 Å². The lowest BCUT2D eigenvalue weighted by molar-refractivity contribution is -0.112. The molecule has 2 heterocycles. The van der Waals surface area contributed by atoms with Crippen molar-refractivity contribution in [2.75, 3.05) is 29.4 Å². The fourth-order valence-electron chi connectivity index (χ4n) is 4.01. The number of benzene rings is 2. The van der Waals surface area contributed by atoms with Gasteiger partial charge in [-0.25, -0.2) is 0 Å². The van der Waals surface area contributed by atoms with Crippen molar-refractivity contribution in [2.24, 2.45) is 0 Å². The van der Waals surface area contributed by atoms with Crippen molar-refractivity contribution in [2.45, 2.75) is 26.7 Å². The SMILES string of the molecule is CCN1C(=O)/C(=C\c2ccc(N3CCCC3)c(C)c2)c2ccccc21. The van der Waals surface area contributed by atoms with Crippen LogP contribution in [0.25, 0.3) is 11.6 Å². The number of anilines is 2. The molecule has 0 spiro atoms. The molecule has 1 fully saturated rings. The summed E-state index contributed by atoms with van der Waals surface area (Å²) in [5.74, 6) is 0.102. The molecule has 1 saturated heterocycles. The van der Waals surface area contributed by atoms with Gasteiger partial charge in [0.25, 0.3) is 5.91 Å². The molecule has 2 aliphatic rings. The molecule has 0 aliphatic carbocycles. The summed E-state index contributed by atoms with van der Waals surface area (Å²) in [5, 5.41) is 0. The molecule has 0 unspecified atom stereocenters. The van der Waals surface area contributed by atoms with Gasteiger partial charge >= 0.3 is 0 Å². The Bertz CT molecular complexity index is 847. The first kappa shape index (κ1) is 15.9. The molecule has 128 valence electrons. The van der Waals surface area contributed by atoms with Gasteiger partial charge in [-0.3, -0.25) is 4.79 Å². The number of rotatable bonds is 3. The standard InChI is InChI=1S/C22H24N2O/c1-3-24-21-9-5-4-8-18(21)19(22(24)25)15-17-10-11-20(16(2)14-17)23-12-6-7-13-23/h4-5,8-11,14-15H,3,6-7,12-13H2,1-2H3/b19-15-. The highest BCUT2D eigenvalue weighted by Crippen LogP contribution is 2.37. The van der Waals surface area contributed by atoms with Crippen LogP contribution >= 0.6 is 0 Å². The van der Waals surface area contributed by atoms with Crippen LogP contribution < -0.4 is 9.80 Å². The molecule has 0 aromatic heterocycles. The van der Waals surface area contributed by atoms with Crippen molar-refractivity contribution >= 4 is 28.9 Å². The maximum absolute atomic E-state index is 12.8. The average molecular weight is 332 g/mol. The number of fused-ring (bicyclic) bond motifs is 1. The molecule has 2 aromatic rings. The van der Waals surface area contributed by atoms with Crippen LogP contribution in [-0.4, -0.2) is 25.5 Å². The van der Waals surface area contributed by atoms with E-state index in [1.807, 2.05) is 42.2 Å². The third-order valence-electron chi connectivity index (χ3n) is 5.26. The first-order chi connectivity index (χ1) is 12.2. The van der Waals surface area contributed by atoms with Gasteiger partial charge in [-0.2, -0.15) is 0 Å². The predicted octanol–water partition coefficient (Wildman–Crippen LogP) is 4.50. The van der Waals surface area contributed by atoms with E-state index < -0.39 is 0 Å². The molecule has 3 nitrogen and oxygen atoms in total. The van der Waals surface area contributed by atoms with E-state index in [9.17, 15) is 4.79 Å². The third-order valence-corrected chi connectivity index (χ3v) is 5.26. The van der Waals surface area contributed by atoms with Gasteiger partial charge in [0.05, 0.1) is 5.69 Å². The van der Waals surface area contributed by atoms with Crippen LogP contribution in [0.1, 0.15) is 36.5 Å². The summed E-state index contributed by atoms with van der Waals surface area (Å²) in [7, 11) is 0. The lowest BCUT2D eigenvalue weighted by Gasteiger charge is -2.20. The van der Waals surface area contributed by atoms with Gasteiger partial charge in [-0.05, 0) is 62.1 Å². The van der Waals surface area contributed by atoms with Crippen LogP contribution in [0.5, 0.6) is 0 Å². The third kappa shape index (κ3) is 2.74. The molecule has 0 radical (unpaired) electrons. The zero-order valence-electron chi connectivity index (χ0n) is 15.0. The molecule has 2 aliphatic heterocycles. The molecule has 2 aromatic carbocycles. The number of carbonyl (C=O) groups is 1. The van der Waals surface area contributed by atoms with Crippen molar-refractivity contribution < 1.29 is 4.79 Å². The van der Waals surface area contributed by atoms with Crippen LogP contribution in [0.3, 0.4) is 0 Å². The predicted molar refractivity (Wildman–Crippen MR) is 105 cm³/mol. The number of hydrogen-bond acceptors (Lipinski definition) is 2. The van der Waals surface area contributed by atoms with Crippen molar-refractivity contribution in [3.63, 3.8) is 0 Å². The lowest BCUT2D eigenvalue weighted by Crippen LogP contribution is -2.25. The Morgan fingerprint density at radius 2 is 1.80 bits per heavy atom. The van der Waals surface area contributed by atoms with E-state index in [2.05, 4.69) is 30.0 Å². The van der Waals surface area contributed by atoms with Crippen LogP contribution in [0.15, 0.2) is 42.5 Å². The minimum absolute atomic E-state index is 0.102. The Balaban J connectivity index is 1.71. The number of nitrogens with zero attached hydrogens (tertiary/aromatic N) is 2. The molecular weight excluding hydrogens is 308 g/mol. The van der Waals surface area contributed by atoms with Crippen molar-refractivity contribution in [1.29, 1.82) is 0 Å². The molecule has 3 heteroatoms.